The summed E-state index contributed by atoms with van der Waals surface area (Å²) in [7, 11) is 5.92. The maximum atomic E-state index is 5.46. The quantitative estimate of drug-likeness (QED) is 0.834. The van der Waals surface area contributed by atoms with Crippen molar-refractivity contribution in [3.05, 3.63) is 11.9 Å². The molecule has 0 spiro atoms. The summed E-state index contributed by atoms with van der Waals surface area (Å²) in [5, 5.41) is 7.89. The van der Waals surface area contributed by atoms with Crippen LogP contribution in [0.15, 0.2) is 6.20 Å². The Hall–Kier alpha value is -1.07. The Morgan fingerprint density at radius 1 is 1.42 bits per heavy atom. The predicted octanol–water partition coefficient (Wildman–Crippen LogP) is 0.995. The molecule has 0 aromatic carbocycles. The van der Waals surface area contributed by atoms with E-state index < -0.39 is 0 Å². The monoisotopic (exact) mass is 266 g/mol. The summed E-state index contributed by atoms with van der Waals surface area (Å²) in [5.41, 5.74) is 1.26. The van der Waals surface area contributed by atoms with E-state index in [0.29, 0.717) is 0 Å². The highest BCUT2D eigenvalue weighted by molar-refractivity contribution is 5.25. The molecular weight excluding hydrogens is 240 g/mol. The van der Waals surface area contributed by atoms with Crippen LogP contribution in [0.4, 0.5) is 0 Å². The molecule has 108 valence electrons. The molecule has 1 aromatic rings. The third-order valence-corrected chi connectivity index (χ3v) is 3.83. The number of ether oxygens (including phenoxy) is 1. The van der Waals surface area contributed by atoms with Crippen molar-refractivity contribution < 1.29 is 4.74 Å². The maximum Gasteiger partial charge on any atom is 0.159 e. The van der Waals surface area contributed by atoms with Crippen molar-refractivity contribution in [3.8, 4) is 5.75 Å². The van der Waals surface area contributed by atoms with Gasteiger partial charge >= 0.3 is 0 Å². The van der Waals surface area contributed by atoms with Crippen LogP contribution in [0.25, 0.3) is 0 Å². The van der Waals surface area contributed by atoms with Crippen LogP contribution in [0.3, 0.4) is 0 Å². The number of nitrogens with zero attached hydrogens (tertiary/aromatic N) is 3. The second kappa shape index (κ2) is 6.91. The molecule has 0 saturated carbocycles. The highest BCUT2D eigenvalue weighted by atomic mass is 16.5. The standard InChI is InChI=1S/C14H26N4O/c1-17(2)8-9-18-13(14(19-3)11-16-18)10-12-4-6-15-7-5-12/h11-12,15H,4-10H2,1-3H3. The minimum absolute atomic E-state index is 0.755. The number of likely N-dealkylation sites (N-methyl/N-ethyl adjacent to an activating group) is 1. The van der Waals surface area contributed by atoms with Gasteiger partial charge in [0.1, 0.15) is 0 Å². The van der Waals surface area contributed by atoms with Crippen molar-refractivity contribution in [1.82, 2.24) is 20.0 Å². The van der Waals surface area contributed by atoms with Crippen molar-refractivity contribution in [2.75, 3.05) is 40.8 Å². The van der Waals surface area contributed by atoms with Gasteiger partial charge in [0.05, 0.1) is 25.5 Å². The van der Waals surface area contributed by atoms with Crippen molar-refractivity contribution in [2.45, 2.75) is 25.8 Å². The minimum Gasteiger partial charge on any atom is -0.493 e. The fraction of sp³-hybridized carbons (Fsp3) is 0.786. The summed E-state index contributed by atoms with van der Waals surface area (Å²) in [6.45, 7) is 4.21. The lowest BCUT2D eigenvalue weighted by atomic mass is 9.93. The number of rotatable bonds is 6. The van der Waals surface area contributed by atoms with Gasteiger partial charge in [0.25, 0.3) is 0 Å². The van der Waals surface area contributed by atoms with Crippen LogP contribution < -0.4 is 10.1 Å². The van der Waals surface area contributed by atoms with Gasteiger partial charge in [-0.05, 0) is 52.4 Å². The smallest absolute Gasteiger partial charge is 0.159 e. The molecule has 0 bridgehead atoms. The molecule has 1 saturated heterocycles. The van der Waals surface area contributed by atoms with Crippen LogP contribution in [0, 0.1) is 5.92 Å². The zero-order chi connectivity index (χ0) is 13.7. The molecule has 0 amide bonds. The van der Waals surface area contributed by atoms with E-state index >= 15 is 0 Å². The second-order valence-corrected chi connectivity index (χ2v) is 5.58. The molecule has 0 unspecified atom stereocenters. The molecule has 1 fully saturated rings. The van der Waals surface area contributed by atoms with Crippen molar-refractivity contribution in [2.24, 2.45) is 5.92 Å². The molecule has 0 radical (unpaired) electrons. The van der Waals surface area contributed by atoms with Gasteiger partial charge in [0, 0.05) is 6.54 Å². The summed E-state index contributed by atoms with van der Waals surface area (Å²) in [6.07, 6.45) is 5.44. The second-order valence-electron chi connectivity index (χ2n) is 5.58. The fourth-order valence-electron chi connectivity index (χ4n) is 2.62. The van der Waals surface area contributed by atoms with E-state index in [4.69, 9.17) is 4.74 Å². The lowest BCUT2D eigenvalue weighted by molar-refractivity contribution is 0.338. The Morgan fingerprint density at radius 3 is 2.79 bits per heavy atom. The van der Waals surface area contributed by atoms with Gasteiger partial charge in [0.15, 0.2) is 5.75 Å². The molecule has 0 atom stereocenters. The molecule has 5 nitrogen and oxygen atoms in total. The lowest BCUT2D eigenvalue weighted by Crippen LogP contribution is -2.29. The molecule has 1 aliphatic heterocycles. The third kappa shape index (κ3) is 3.94. The van der Waals surface area contributed by atoms with E-state index in [1.165, 1.54) is 18.5 Å². The number of hydrogen-bond donors (Lipinski definition) is 1. The SMILES string of the molecule is COc1cnn(CCN(C)C)c1CC1CCNCC1. The average Bonchev–Trinajstić information content (AvgIpc) is 2.80. The molecule has 19 heavy (non-hydrogen) atoms. The van der Waals surface area contributed by atoms with Crippen LogP contribution in [0.5, 0.6) is 5.75 Å². The van der Waals surface area contributed by atoms with Crippen LogP contribution in [0.1, 0.15) is 18.5 Å². The predicted molar refractivity (Wildman–Crippen MR) is 76.6 cm³/mol. The Bertz CT molecular complexity index is 383. The van der Waals surface area contributed by atoms with E-state index in [0.717, 1.165) is 44.3 Å². The molecule has 1 aliphatic rings. The van der Waals surface area contributed by atoms with Gasteiger partial charge in [-0.25, -0.2) is 0 Å². The fourth-order valence-corrected chi connectivity index (χ4v) is 2.62. The van der Waals surface area contributed by atoms with Crippen LogP contribution in [-0.4, -0.2) is 55.5 Å². The van der Waals surface area contributed by atoms with E-state index in [1.54, 1.807) is 7.11 Å². The molecule has 2 heterocycles. The van der Waals surface area contributed by atoms with Crippen molar-refractivity contribution >= 4 is 0 Å². The van der Waals surface area contributed by atoms with E-state index in [-0.39, 0.29) is 0 Å². The Balaban J connectivity index is 2.04. The summed E-state index contributed by atoms with van der Waals surface area (Å²) in [4.78, 5) is 2.18. The Kier molecular flexibility index (Phi) is 5.22. The summed E-state index contributed by atoms with van der Waals surface area (Å²) < 4.78 is 7.57. The first kappa shape index (κ1) is 14.3. The molecule has 0 aliphatic carbocycles. The average molecular weight is 266 g/mol. The van der Waals surface area contributed by atoms with E-state index in [2.05, 4.69) is 34.1 Å². The zero-order valence-corrected chi connectivity index (χ0v) is 12.4. The van der Waals surface area contributed by atoms with Gasteiger partial charge in [-0.15, -0.1) is 0 Å². The first-order valence-electron chi connectivity index (χ1n) is 7.15. The summed E-state index contributed by atoms with van der Waals surface area (Å²) in [5.74, 6) is 1.70. The minimum atomic E-state index is 0.755. The molecular formula is C14H26N4O. The topological polar surface area (TPSA) is 42.3 Å². The largest absolute Gasteiger partial charge is 0.493 e. The van der Waals surface area contributed by atoms with E-state index in [9.17, 15) is 0 Å². The van der Waals surface area contributed by atoms with Crippen molar-refractivity contribution in [1.29, 1.82) is 0 Å². The number of hydrogen-bond acceptors (Lipinski definition) is 4. The van der Waals surface area contributed by atoms with E-state index in [1.807, 2.05) is 6.20 Å². The molecule has 1 aromatic heterocycles. The zero-order valence-electron chi connectivity index (χ0n) is 12.4. The van der Waals surface area contributed by atoms with Crippen LogP contribution in [0.2, 0.25) is 0 Å². The van der Waals surface area contributed by atoms with Crippen molar-refractivity contribution in [3.63, 3.8) is 0 Å². The highest BCUT2D eigenvalue weighted by Gasteiger charge is 2.19. The van der Waals surface area contributed by atoms with Gasteiger partial charge in [-0.3, -0.25) is 4.68 Å². The number of methoxy groups -OCH3 is 1. The number of aromatic nitrogens is 2. The Labute approximate surface area is 115 Å². The first-order chi connectivity index (χ1) is 9.20. The number of nitrogens with one attached hydrogen (secondary N) is 1. The summed E-state index contributed by atoms with van der Waals surface area (Å²) >= 11 is 0. The van der Waals surface area contributed by atoms with Gasteiger partial charge in [0.2, 0.25) is 0 Å². The first-order valence-corrected chi connectivity index (χ1v) is 7.15. The highest BCUT2D eigenvalue weighted by Crippen LogP contribution is 2.25. The molecule has 1 N–H and O–H groups in total. The van der Waals surface area contributed by atoms with Gasteiger partial charge in [-0.2, -0.15) is 5.10 Å². The molecule has 2 rings (SSSR count). The van der Waals surface area contributed by atoms with Crippen LogP contribution in [-0.2, 0) is 13.0 Å². The third-order valence-electron chi connectivity index (χ3n) is 3.83. The normalized spacial score (nSPS) is 17.1. The van der Waals surface area contributed by atoms with Gasteiger partial charge in [-0.1, -0.05) is 0 Å². The van der Waals surface area contributed by atoms with Gasteiger partial charge < -0.3 is 15.0 Å². The lowest BCUT2D eigenvalue weighted by Gasteiger charge is -2.23. The Morgan fingerprint density at radius 2 is 2.16 bits per heavy atom. The number of piperidine rings is 1. The maximum absolute atomic E-state index is 5.46. The summed E-state index contributed by atoms with van der Waals surface area (Å²) in [6, 6.07) is 0. The van der Waals surface area contributed by atoms with Crippen LogP contribution >= 0.6 is 0 Å². The molecule has 5 heteroatoms.